The highest BCUT2D eigenvalue weighted by atomic mass is 19.1. The van der Waals surface area contributed by atoms with Crippen molar-refractivity contribution in [2.75, 3.05) is 5.32 Å². The summed E-state index contributed by atoms with van der Waals surface area (Å²) in [5.41, 5.74) is 0.745. The van der Waals surface area contributed by atoms with Gasteiger partial charge in [0, 0.05) is 6.20 Å². The van der Waals surface area contributed by atoms with Gasteiger partial charge in [0.2, 0.25) is 5.91 Å². The van der Waals surface area contributed by atoms with E-state index in [-0.39, 0.29) is 17.9 Å². The Morgan fingerprint density at radius 2 is 2.15 bits per heavy atom. The van der Waals surface area contributed by atoms with Gasteiger partial charge in [-0.25, -0.2) is 9.18 Å². The topological polar surface area (TPSA) is 84.2 Å². The van der Waals surface area contributed by atoms with Gasteiger partial charge < -0.3 is 10.4 Å². The number of carbonyl (C=O) groups is 2. The number of aromatic nitrogens is 2. The van der Waals surface area contributed by atoms with Crippen molar-refractivity contribution >= 4 is 17.6 Å². The number of amides is 1. The molecule has 2 rings (SSSR count). The number of nitrogens with zero attached hydrogens (tertiary/aromatic N) is 2. The lowest BCUT2D eigenvalue weighted by Gasteiger charge is -2.07. The van der Waals surface area contributed by atoms with Crippen LogP contribution in [0.25, 0.3) is 0 Å². The number of benzene rings is 1. The zero-order chi connectivity index (χ0) is 14.7. The van der Waals surface area contributed by atoms with E-state index in [9.17, 15) is 14.0 Å². The molecule has 104 valence electrons. The number of rotatable bonds is 4. The number of halogens is 1. The van der Waals surface area contributed by atoms with Gasteiger partial charge >= 0.3 is 5.97 Å². The third kappa shape index (κ3) is 3.19. The van der Waals surface area contributed by atoms with Gasteiger partial charge in [-0.2, -0.15) is 5.10 Å². The van der Waals surface area contributed by atoms with Crippen LogP contribution in [-0.4, -0.2) is 26.8 Å². The van der Waals surface area contributed by atoms with Crippen LogP contribution in [0, 0.1) is 12.7 Å². The van der Waals surface area contributed by atoms with E-state index >= 15 is 0 Å². The quantitative estimate of drug-likeness (QED) is 0.890. The first kappa shape index (κ1) is 13.7. The Hall–Kier alpha value is -2.70. The van der Waals surface area contributed by atoms with E-state index in [2.05, 4.69) is 10.4 Å². The average Bonchev–Trinajstić information content (AvgIpc) is 2.82. The molecular weight excluding hydrogens is 265 g/mol. The van der Waals surface area contributed by atoms with Crippen LogP contribution < -0.4 is 5.32 Å². The summed E-state index contributed by atoms with van der Waals surface area (Å²) in [5.74, 6) is -2.20. The maximum atomic E-state index is 13.5. The second-order valence-corrected chi connectivity index (χ2v) is 4.24. The summed E-state index contributed by atoms with van der Waals surface area (Å²) in [5, 5.41) is 14.8. The smallest absolute Gasteiger partial charge is 0.356 e. The minimum atomic E-state index is -1.17. The summed E-state index contributed by atoms with van der Waals surface area (Å²) in [6.45, 7) is 1.59. The molecule has 2 aromatic rings. The van der Waals surface area contributed by atoms with E-state index in [1.807, 2.05) is 0 Å². The first-order valence-electron chi connectivity index (χ1n) is 5.78. The number of aromatic carboxylic acids is 1. The summed E-state index contributed by atoms with van der Waals surface area (Å²) in [4.78, 5) is 22.4. The van der Waals surface area contributed by atoms with Crippen molar-refractivity contribution in [3.63, 3.8) is 0 Å². The molecule has 1 heterocycles. The molecule has 0 unspecified atom stereocenters. The highest BCUT2D eigenvalue weighted by Gasteiger charge is 2.11. The maximum Gasteiger partial charge on any atom is 0.356 e. The summed E-state index contributed by atoms with van der Waals surface area (Å²) in [6.07, 6.45) is 1.37. The summed E-state index contributed by atoms with van der Waals surface area (Å²) >= 11 is 0. The van der Waals surface area contributed by atoms with Crippen molar-refractivity contribution in [1.82, 2.24) is 9.78 Å². The molecule has 2 N–H and O–H groups in total. The number of hydrogen-bond donors (Lipinski definition) is 2. The number of aryl methyl sites for hydroxylation is 1. The zero-order valence-electron chi connectivity index (χ0n) is 10.6. The lowest BCUT2D eigenvalue weighted by molar-refractivity contribution is -0.116. The minimum absolute atomic E-state index is 0.0839. The fourth-order valence-electron chi connectivity index (χ4n) is 1.64. The number of carboxylic acids is 1. The molecule has 20 heavy (non-hydrogen) atoms. The highest BCUT2D eigenvalue weighted by molar-refractivity contribution is 5.91. The molecule has 7 heteroatoms. The molecule has 0 aliphatic rings. The third-order valence-electron chi connectivity index (χ3n) is 2.56. The van der Waals surface area contributed by atoms with Crippen molar-refractivity contribution in [3.8, 4) is 0 Å². The van der Waals surface area contributed by atoms with E-state index in [1.165, 1.54) is 29.1 Å². The maximum absolute atomic E-state index is 13.5. The van der Waals surface area contributed by atoms with Crippen LogP contribution in [0.5, 0.6) is 0 Å². The largest absolute Gasteiger partial charge is 0.476 e. The molecule has 0 radical (unpaired) electrons. The number of carbonyl (C=O) groups excluding carboxylic acids is 1. The number of hydrogen-bond acceptors (Lipinski definition) is 3. The van der Waals surface area contributed by atoms with Gasteiger partial charge in [-0.3, -0.25) is 9.48 Å². The van der Waals surface area contributed by atoms with E-state index < -0.39 is 17.7 Å². The fourth-order valence-corrected chi connectivity index (χ4v) is 1.64. The SMILES string of the molecule is Cc1ccc(F)c(NC(=O)Cn2ccc(C(=O)O)n2)c1. The Bertz CT molecular complexity index is 667. The van der Waals surface area contributed by atoms with Crippen LogP contribution in [0.1, 0.15) is 16.1 Å². The third-order valence-corrected chi connectivity index (χ3v) is 2.56. The van der Waals surface area contributed by atoms with Gasteiger partial charge in [0.25, 0.3) is 0 Å². The van der Waals surface area contributed by atoms with Gasteiger partial charge in [-0.15, -0.1) is 0 Å². The lowest BCUT2D eigenvalue weighted by Crippen LogP contribution is -2.20. The van der Waals surface area contributed by atoms with E-state index in [1.54, 1.807) is 13.0 Å². The molecule has 0 bridgehead atoms. The molecule has 0 saturated carbocycles. The molecule has 1 aromatic heterocycles. The van der Waals surface area contributed by atoms with Crippen LogP contribution in [0.15, 0.2) is 30.5 Å². The Kier molecular flexibility index (Phi) is 3.79. The standard InChI is InChI=1S/C13H12FN3O3/c1-8-2-3-9(14)11(6-8)15-12(18)7-17-5-4-10(16-17)13(19)20/h2-6H,7H2,1H3,(H,15,18)(H,19,20). The molecule has 0 spiro atoms. The number of carboxylic acid groups (broad SMARTS) is 1. The molecular formula is C13H12FN3O3. The average molecular weight is 277 g/mol. The van der Waals surface area contributed by atoms with Crippen molar-refractivity contribution in [2.24, 2.45) is 0 Å². The molecule has 1 aromatic carbocycles. The van der Waals surface area contributed by atoms with Crippen LogP contribution >= 0.6 is 0 Å². The first-order chi connectivity index (χ1) is 9.45. The second-order valence-electron chi connectivity index (χ2n) is 4.24. The van der Waals surface area contributed by atoms with E-state index in [0.29, 0.717) is 0 Å². The minimum Gasteiger partial charge on any atom is -0.476 e. The van der Waals surface area contributed by atoms with Crippen LogP contribution in [0.3, 0.4) is 0 Å². The van der Waals surface area contributed by atoms with Crippen molar-refractivity contribution < 1.29 is 19.1 Å². The van der Waals surface area contributed by atoms with E-state index in [4.69, 9.17) is 5.11 Å². The van der Waals surface area contributed by atoms with Crippen molar-refractivity contribution in [3.05, 3.63) is 47.5 Å². The molecule has 1 amide bonds. The second kappa shape index (κ2) is 5.52. The Balaban J connectivity index is 2.05. The molecule has 0 fully saturated rings. The predicted molar refractivity (Wildman–Crippen MR) is 69.0 cm³/mol. The van der Waals surface area contributed by atoms with Gasteiger partial charge in [-0.05, 0) is 30.7 Å². The van der Waals surface area contributed by atoms with Gasteiger partial charge in [-0.1, -0.05) is 6.07 Å². The van der Waals surface area contributed by atoms with Gasteiger partial charge in [0.15, 0.2) is 5.69 Å². The molecule has 0 aliphatic carbocycles. The Morgan fingerprint density at radius 3 is 2.80 bits per heavy atom. The van der Waals surface area contributed by atoms with Crippen LogP contribution in [0.4, 0.5) is 10.1 Å². The lowest BCUT2D eigenvalue weighted by atomic mass is 10.2. The fraction of sp³-hybridized carbons (Fsp3) is 0.154. The van der Waals surface area contributed by atoms with Crippen molar-refractivity contribution in [2.45, 2.75) is 13.5 Å². The van der Waals surface area contributed by atoms with Gasteiger partial charge in [0.1, 0.15) is 12.4 Å². The summed E-state index contributed by atoms with van der Waals surface area (Å²) in [7, 11) is 0. The Morgan fingerprint density at radius 1 is 1.40 bits per heavy atom. The monoisotopic (exact) mass is 277 g/mol. The zero-order valence-corrected chi connectivity index (χ0v) is 10.6. The number of nitrogens with one attached hydrogen (secondary N) is 1. The normalized spacial score (nSPS) is 10.3. The summed E-state index contributed by atoms with van der Waals surface area (Å²) in [6, 6.07) is 5.65. The predicted octanol–water partition coefficient (Wildman–Crippen LogP) is 1.67. The highest BCUT2D eigenvalue weighted by Crippen LogP contribution is 2.15. The van der Waals surface area contributed by atoms with Crippen LogP contribution in [0.2, 0.25) is 0 Å². The van der Waals surface area contributed by atoms with E-state index in [0.717, 1.165) is 5.56 Å². The Labute approximate surface area is 113 Å². The molecule has 6 nitrogen and oxygen atoms in total. The van der Waals surface area contributed by atoms with Crippen LogP contribution in [-0.2, 0) is 11.3 Å². The van der Waals surface area contributed by atoms with Crippen molar-refractivity contribution in [1.29, 1.82) is 0 Å². The van der Waals surface area contributed by atoms with Gasteiger partial charge in [0.05, 0.1) is 5.69 Å². The summed E-state index contributed by atoms with van der Waals surface area (Å²) < 4.78 is 14.6. The molecule has 0 aliphatic heterocycles. The number of anilines is 1. The molecule has 0 atom stereocenters. The first-order valence-corrected chi connectivity index (χ1v) is 5.78. The molecule has 0 saturated heterocycles.